The number of hydrogen-bond donors (Lipinski definition) is 4. The van der Waals surface area contributed by atoms with Crippen molar-refractivity contribution >= 4 is 39.1 Å². The van der Waals surface area contributed by atoms with E-state index < -0.39 is 27.9 Å². The lowest BCUT2D eigenvalue weighted by atomic mass is 10.1. The summed E-state index contributed by atoms with van der Waals surface area (Å²) in [6.45, 7) is 2.70. The van der Waals surface area contributed by atoms with Crippen LogP contribution >= 0.6 is 0 Å². The zero-order valence-electron chi connectivity index (χ0n) is 15.2. The molecule has 0 saturated heterocycles. The molecule has 5 N–H and O–H groups in total. The van der Waals surface area contributed by atoms with Crippen LogP contribution in [0.1, 0.15) is 24.2 Å². The van der Waals surface area contributed by atoms with Gasteiger partial charge in [0, 0.05) is 12.6 Å². The van der Waals surface area contributed by atoms with Crippen molar-refractivity contribution in [2.75, 3.05) is 10.6 Å². The first-order chi connectivity index (χ1) is 13.1. The number of primary amides is 1. The van der Waals surface area contributed by atoms with Crippen LogP contribution in [0.25, 0.3) is 0 Å². The first-order valence-corrected chi connectivity index (χ1v) is 9.68. The molecule has 0 saturated carbocycles. The topological polar surface area (TPSA) is 147 Å². The molecule has 1 atom stereocenters. The number of nitrogens with one attached hydrogen (secondary N) is 3. The van der Waals surface area contributed by atoms with Crippen molar-refractivity contribution in [1.82, 2.24) is 4.72 Å². The Bertz CT molecular complexity index is 1000. The first-order valence-electron chi connectivity index (χ1n) is 8.20. The second kappa shape index (κ2) is 8.63. The highest BCUT2D eigenvalue weighted by Gasteiger charge is 2.23. The largest absolute Gasteiger partial charge is 0.366 e. The highest BCUT2D eigenvalue weighted by atomic mass is 32.2. The predicted octanol–water partition coefficient (Wildman–Crippen LogP) is 1.05. The van der Waals surface area contributed by atoms with E-state index in [9.17, 15) is 22.8 Å². The average Bonchev–Trinajstić information content (AvgIpc) is 2.61. The summed E-state index contributed by atoms with van der Waals surface area (Å²) in [6, 6.07) is 10.5. The third-order valence-corrected chi connectivity index (χ3v) is 5.22. The van der Waals surface area contributed by atoms with Gasteiger partial charge in [-0.05, 0) is 43.3 Å². The summed E-state index contributed by atoms with van der Waals surface area (Å²) in [5.41, 5.74) is 6.00. The zero-order chi connectivity index (χ0) is 20.9. The van der Waals surface area contributed by atoms with Gasteiger partial charge < -0.3 is 16.4 Å². The molecule has 2 aromatic rings. The fourth-order valence-corrected chi connectivity index (χ4v) is 3.53. The molecule has 0 radical (unpaired) electrons. The van der Waals surface area contributed by atoms with Crippen LogP contribution in [0.2, 0.25) is 0 Å². The van der Waals surface area contributed by atoms with Crippen molar-refractivity contribution in [3.63, 3.8) is 0 Å². The number of anilines is 2. The van der Waals surface area contributed by atoms with Gasteiger partial charge >= 0.3 is 0 Å². The molecule has 0 heterocycles. The van der Waals surface area contributed by atoms with E-state index in [0.717, 1.165) is 0 Å². The van der Waals surface area contributed by atoms with Crippen LogP contribution in [0.5, 0.6) is 0 Å². The van der Waals surface area contributed by atoms with E-state index in [4.69, 9.17) is 5.73 Å². The number of carbonyl (C=O) groups is 3. The number of hydrogen-bond acceptors (Lipinski definition) is 5. The number of benzene rings is 2. The minimum atomic E-state index is -3.98. The number of nitrogens with two attached hydrogens (primary N) is 1. The Morgan fingerprint density at radius 1 is 0.964 bits per heavy atom. The Morgan fingerprint density at radius 3 is 2.14 bits per heavy atom. The molecule has 148 valence electrons. The Hall–Kier alpha value is -3.24. The second-order valence-electron chi connectivity index (χ2n) is 5.95. The summed E-state index contributed by atoms with van der Waals surface area (Å²) < 4.78 is 27.2. The van der Waals surface area contributed by atoms with Crippen molar-refractivity contribution < 1.29 is 22.8 Å². The standard InChI is InChI=1S/C18H20N4O5S/c1-11(18(25)21-16-6-4-3-5-15(16)17(19)24)22-28(26,27)14-9-7-13(8-10-14)20-12(2)23/h3-11,22H,1-2H3,(H2,19,24)(H,20,23)(H,21,25)/t11-/m0/s1. The minimum absolute atomic E-state index is 0.0706. The normalized spacial score (nSPS) is 12.1. The third kappa shape index (κ3) is 5.38. The molecule has 2 aromatic carbocycles. The molecule has 0 spiro atoms. The molecule has 10 heteroatoms. The smallest absolute Gasteiger partial charge is 0.250 e. The highest BCUT2D eigenvalue weighted by Crippen LogP contribution is 2.16. The van der Waals surface area contributed by atoms with Gasteiger partial charge in [0.05, 0.1) is 22.2 Å². The van der Waals surface area contributed by atoms with Crippen molar-refractivity contribution in [1.29, 1.82) is 0 Å². The lowest BCUT2D eigenvalue weighted by Crippen LogP contribution is -2.41. The minimum Gasteiger partial charge on any atom is -0.366 e. The summed E-state index contributed by atoms with van der Waals surface area (Å²) >= 11 is 0. The Labute approximate surface area is 162 Å². The maximum atomic E-state index is 12.5. The van der Waals surface area contributed by atoms with Gasteiger partial charge in [-0.3, -0.25) is 14.4 Å². The summed E-state index contributed by atoms with van der Waals surface area (Å²) in [7, 11) is -3.98. The number of rotatable bonds is 7. The Balaban J connectivity index is 2.10. The molecule has 9 nitrogen and oxygen atoms in total. The summed E-state index contributed by atoms with van der Waals surface area (Å²) in [5.74, 6) is -1.66. The van der Waals surface area contributed by atoms with E-state index in [-0.39, 0.29) is 22.1 Å². The van der Waals surface area contributed by atoms with Crippen LogP contribution in [0.3, 0.4) is 0 Å². The first kappa shape index (κ1) is 21.1. The fraction of sp³-hybridized carbons (Fsp3) is 0.167. The maximum absolute atomic E-state index is 12.5. The number of amides is 3. The van der Waals surface area contributed by atoms with Crippen LogP contribution in [-0.4, -0.2) is 32.2 Å². The molecule has 0 aliphatic rings. The Kier molecular flexibility index (Phi) is 6.49. The van der Waals surface area contributed by atoms with Gasteiger partial charge in [-0.1, -0.05) is 12.1 Å². The lowest BCUT2D eigenvalue weighted by Gasteiger charge is -2.16. The molecular formula is C18H20N4O5S. The maximum Gasteiger partial charge on any atom is 0.250 e. The van der Waals surface area contributed by atoms with Gasteiger partial charge in [0.1, 0.15) is 0 Å². The van der Waals surface area contributed by atoms with Gasteiger partial charge in [0.15, 0.2) is 0 Å². The van der Waals surface area contributed by atoms with Crippen LogP contribution in [-0.2, 0) is 19.6 Å². The molecule has 0 fully saturated rings. The molecule has 0 bridgehead atoms. The molecular weight excluding hydrogens is 384 g/mol. The van der Waals surface area contributed by atoms with Crippen LogP contribution < -0.4 is 21.1 Å². The van der Waals surface area contributed by atoms with E-state index in [1.807, 2.05) is 0 Å². The SMILES string of the molecule is CC(=O)Nc1ccc(S(=O)(=O)N[C@@H](C)C(=O)Nc2ccccc2C(N)=O)cc1. The Morgan fingerprint density at radius 2 is 1.57 bits per heavy atom. The highest BCUT2D eigenvalue weighted by molar-refractivity contribution is 7.89. The fourth-order valence-electron chi connectivity index (χ4n) is 2.32. The van der Waals surface area contributed by atoms with Gasteiger partial charge in [-0.2, -0.15) is 4.72 Å². The molecule has 3 amide bonds. The monoisotopic (exact) mass is 404 g/mol. The molecule has 0 unspecified atom stereocenters. The van der Waals surface area contributed by atoms with E-state index >= 15 is 0 Å². The molecule has 28 heavy (non-hydrogen) atoms. The molecule has 2 rings (SSSR count). The second-order valence-corrected chi connectivity index (χ2v) is 7.66. The predicted molar refractivity (Wildman–Crippen MR) is 104 cm³/mol. The lowest BCUT2D eigenvalue weighted by molar-refractivity contribution is -0.117. The number of para-hydroxylation sites is 1. The van der Waals surface area contributed by atoms with E-state index in [2.05, 4.69) is 15.4 Å². The van der Waals surface area contributed by atoms with Crippen molar-refractivity contribution in [2.24, 2.45) is 5.73 Å². The molecule has 0 aromatic heterocycles. The summed E-state index contributed by atoms with van der Waals surface area (Å²) in [6.07, 6.45) is 0. The van der Waals surface area contributed by atoms with Crippen LogP contribution in [0, 0.1) is 0 Å². The third-order valence-electron chi connectivity index (χ3n) is 3.66. The van der Waals surface area contributed by atoms with Crippen LogP contribution in [0.4, 0.5) is 11.4 Å². The summed E-state index contributed by atoms with van der Waals surface area (Å²) in [5, 5.41) is 5.01. The van der Waals surface area contributed by atoms with Gasteiger partial charge in [0.25, 0.3) is 5.91 Å². The quantitative estimate of drug-likeness (QED) is 0.544. The summed E-state index contributed by atoms with van der Waals surface area (Å²) in [4.78, 5) is 34.7. The van der Waals surface area contributed by atoms with Crippen molar-refractivity contribution in [3.05, 3.63) is 54.1 Å². The molecule has 0 aliphatic heterocycles. The van der Waals surface area contributed by atoms with Crippen LogP contribution in [0.15, 0.2) is 53.4 Å². The number of carbonyl (C=O) groups excluding carboxylic acids is 3. The van der Waals surface area contributed by atoms with Gasteiger partial charge in [0.2, 0.25) is 21.8 Å². The van der Waals surface area contributed by atoms with Gasteiger partial charge in [-0.25, -0.2) is 8.42 Å². The van der Waals surface area contributed by atoms with E-state index in [1.165, 1.54) is 50.2 Å². The van der Waals surface area contributed by atoms with Gasteiger partial charge in [-0.15, -0.1) is 0 Å². The molecule has 0 aliphatic carbocycles. The van der Waals surface area contributed by atoms with Crippen molar-refractivity contribution in [3.8, 4) is 0 Å². The van der Waals surface area contributed by atoms with E-state index in [1.54, 1.807) is 12.1 Å². The van der Waals surface area contributed by atoms with Crippen molar-refractivity contribution in [2.45, 2.75) is 24.8 Å². The number of sulfonamides is 1. The zero-order valence-corrected chi connectivity index (χ0v) is 16.0. The average molecular weight is 404 g/mol. The van der Waals surface area contributed by atoms with E-state index in [0.29, 0.717) is 5.69 Å².